The fourth-order valence-electron chi connectivity index (χ4n) is 1.78. The smallest absolute Gasteiger partial charge is 0.238 e. The van der Waals surface area contributed by atoms with Crippen molar-refractivity contribution < 1.29 is 4.79 Å². The Morgan fingerprint density at radius 3 is 2.60 bits per heavy atom. The monoisotopic (exact) mass is 213 g/mol. The van der Waals surface area contributed by atoms with E-state index in [1.165, 1.54) is 0 Å². The Morgan fingerprint density at radius 1 is 1.40 bits per heavy atom. The summed E-state index contributed by atoms with van der Waals surface area (Å²) in [4.78, 5) is 11.6. The average Bonchev–Trinajstić information content (AvgIpc) is 2.44. The quantitative estimate of drug-likeness (QED) is 0.740. The Balaban J connectivity index is 2.46. The lowest BCUT2D eigenvalue weighted by Crippen LogP contribution is -2.44. The van der Waals surface area contributed by atoms with Gasteiger partial charge in [-0.3, -0.25) is 9.80 Å². The molecule has 0 aliphatic carbocycles. The van der Waals surface area contributed by atoms with Crippen LogP contribution in [0, 0.1) is 0 Å². The highest BCUT2D eigenvalue weighted by molar-refractivity contribution is 5.77. The van der Waals surface area contributed by atoms with Crippen molar-refractivity contribution in [3.05, 3.63) is 0 Å². The van der Waals surface area contributed by atoms with Crippen LogP contribution in [0.15, 0.2) is 0 Å². The van der Waals surface area contributed by atoms with Crippen LogP contribution in [0.3, 0.4) is 0 Å². The van der Waals surface area contributed by atoms with E-state index in [1.807, 2.05) is 18.9 Å². The number of hydrazine groups is 1. The number of amides is 1. The van der Waals surface area contributed by atoms with Gasteiger partial charge in [0.15, 0.2) is 0 Å². The molecule has 2 N–H and O–H groups in total. The Kier molecular flexibility index (Phi) is 4.11. The van der Waals surface area contributed by atoms with Crippen LogP contribution in [0.2, 0.25) is 0 Å². The lowest BCUT2D eigenvalue weighted by Gasteiger charge is -2.30. The molecule has 1 saturated heterocycles. The van der Waals surface area contributed by atoms with Gasteiger partial charge in [0, 0.05) is 31.6 Å². The zero-order valence-electron chi connectivity index (χ0n) is 10.1. The number of nitrogens with zero attached hydrogens (tertiary/aromatic N) is 2. The minimum absolute atomic E-state index is 0.194. The first-order valence-electron chi connectivity index (χ1n) is 5.78. The summed E-state index contributed by atoms with van der Waals surface area (Å²) in [5.74, 6) is 0.243. The molecule has 1 rings (SSSR count). The Hall–Kier alpha value is -0.610. The van der Waals surface area contributed by atoms with Crippen LogP contribution in [0.1, 0.15) is 40.0 Å². The van der Waals surface area contributed by atoms with Gasteiger partial charge in [-0.1, -0.05) is 6.92 Å². The molecule has 0 aromatic heterocycles. The fraction of sp³-hybridized carbons (Fsp3) is 0.909. The molecule has 4 heteroatoms. The molecule has 88 valence electrons. The van der Waals surface area contributed by atoms with E-state index in [2.05, 4.69) is 11.9 Å². The van der Waals surface area contributed by atoms with E-state index in [1.54, 1.807) is 0 Å². The lowest BCUT2D eigenvalue weighted by molar-refractivity contribution is -0.138. The van der Waals surface area contributed by atoms with Crippen LogP contribution in [-0.2, 0) is 4.79 Å². The molecule has 1 aliphatic heterocycles. The summed E-state index contributed by atoms with van der Waals surface area (Å²) < 4.78 is 0. The zero-order valence-corrected chi connectivity index (χ0v) is 10.1. The molecule has 0 unspecified atom stereocenters. The van der Waals surface area contributed by atoms with E-state index in [0.29, 0.717) is 6.42 Å². The summed E-state index contributed by atoms with van der Waals surface area (Å²) in [6.45, 7) is 8.72. The Labute approximate surface area is 92.4 Å². The number of hydrogen-bond donors (Lipinski definition) is 1. The van der Waals surface area contributed by atoms with Crippen molar-refractivity contribution in [3.8, 4) is 0 Å². The van der Waals surface area contributed by atoms with Crippen LogP contribution in [0.4, 0.5) is 0 Å². The predicted octanol–water partition coefficient (Wildman–Crippen LogP) is 0.973. The molecule has 4 nitrogen and oxygen atoms in total. The molecule has 0 radical (unpaired) electrons. The molecular formula is C11H23N3O. The van der Waals surface area contributed by atoms with E-state index >= 15 is 0 Å². The fourth-order valence-corrected chi connectivity index (χ4v) is 1.78. The standard InChI is InChI=1S/C11H23N3O/c1-4-7-13-8-5-10(15)14(13)9-6-11(2,3)12/h4-9,12H2,1-3H3. The van der Waals surface area contributed by atoms with Gasteiger partial charge in [0.05, 0.1) is 0 Å². The van der Waals surface area contributed by atoms with Gasteiger partial charge in [0.25, 0.3) is 0 Å². The van der Waals surface area contributed by atoms with Crippen LogP contribution >= 0.6 is 0 Å². The molecule has 0 aromatic carbocycles. The van der Waals surface area contributed by atoms with Gasteiger partial charge in [0.1, 0.15) is 0 Å². The van der Waals surface area contributed by atoms with Gasteiger partial charge in [-0.05, 0) is 26.7 Å². The van der Waals surface area contributed by atoms with Crippen LogP contribution in [0.25, 0.3) is 0 Å². The number of carbonyl (C=O) groups is 1. The average molecular weight is 213 g/mol. The minimum atomic E-state index is -0.194. The first-order chi connectivity index (χ1) is 6.94. The largest absolute Gasteiger partial charge is 0.325 e. The van der Waals surface area contributed by atoms with Gasteiger partial charge in [-0.25, -0.2) is 5.01 Å². The third kappa shape index (κ3) is 3.80. The van der Waals surface area contributed by atoms with E-state index in [-0.39, 0.29) is 11.4 Å². The second kappa shape index (κ2) is 4.94. The van der Waals surface area contributed by atoms with Crippen molar-refractivity contribution in [2.24, 2.45) is 5.73 Å². The van der Waals surface area contributed by atoms with E-state index in [9.17, 15) is 4.79 Å². The van der Waals surface area contributed by atoms with Crippen LogP contribution in [0.5, 0.6) is 0 Å². The molecule has 0 aromatic rings. The van der Waals surface area contributed by atoms with Crippen molar-refractivity contribution >= 4 is 5.91 Å². The Bertz CT molecular complexity index is 222. The maximum atomic E-state index is 11.6. The van der Waals surface area contributed by atoms with E-state index in [0.717, 1.165) is 32.5 Å². The maximum absolute atomic E-state index is 11.6. The van der Waals surface area contributed by atoms with Crippen molar-refractivity contribution in [2.45, 2.75) is 45.6 Å². The van der Waals surface area contributed by atoms with Gasteiger partial charge in [0.2, 0.25) is 5.91 Å². The first kappa shape index (κ1) is 12.5. The van der Waals surface area contributed by atoms with Crippen LogP contribution in [-0.4, -0.2) is 41.1 Å². The van der Waals surface area contributed by atoms with Gasteiger partial charge in [-0.2, -0.15) is 0 Å². The second-order valence-corrected chi connectivity index (χ2v) is 4.96. The summed E-state index contributed by atoms with van der Waals surface area (Å²) in [6, 6.07) is 0. The molecule has 0 bridgehead atoms. The SMILES string of the molecule is CCCN1CCC(=O)N1CCC(C)(C)N. The summed E-state index contributed by atoms with van der Waals surface area (Å²) in [7, 11) is 0. The molecule has 0 saturated carbocycles. The molecule has 0 spiro atoms. The lowest BCUT2D eigenvalue weighted by atomic mass is 10.0. The van der Waals surface area contributed by atoms with Crippen molar-refractivity contribution in [3.63, 3.8) is 0 Å². The third-order valence-electron chi connectivity index (χ3n) is 2.66. The third-order valence-corrected chi connectivity index (χ3v) is 2.66. The second-order valence-electron chi connectivity index (χ2n) is 4.96. The van der Waals surface area contributed by atoms with Crippen LogP contribution < -0.4 is 5.73 Å². The molecule has 1 aliphatic rings. The molecule has 1 heterocycles. The van der Waals surface area contributed by atoms with Crippen molar-refractivity contribution in [1.29, 1.82) is 0 Å². The van der Waals surface area contributed by atoms with Gasteiger partial charge < -0.3 is 5.73 Å². The van der Waals surface area contributed by atoms with E-state index in [4.69, 9.17) is 5.73 Å². The molecule has 1 amide bonds. The molecule has 1 fully saturated rings. The summed E-state index contributed by atoms with van der Waals surface area (Å²) in [6.07, 6.45) is 2.58. The summed E-state index contributed by atoms with van der Waals surface area (Å²) in [5, 5.41) is 4.02. The number of carbonyl (C=O) groups excluding carboxylic acids is 1. The normalized spacial score (nSPS) is 18.9. The highest BCUT2D eigenvalue weighted by Crippen LogP contribution is 2.15. The first-order valence-corrected chi connectivity index (χ1v) is 5.78. The maximum Gasteiger partial charge on any atom is 0.238 e. The number of hydrogen-bond acceptors (Lipinski definition) is 3. The highest BCUT2D eigenvalue weighted by Gasteiger charge is 2.28. The van der Waals surface area contributed by atoms with Crippen molar-refractivity contribution in [2.75, 3.05) is 19.6 Å². The number of nitrogens with two attached hydrogens (primary N) is 1. The van der Waals surface area contributed by atoms with Crippen molar-refractivity contribution in [1.82, 2.24) is 10.0 Å². The molecule has 0 atom stereocenters. The Morgan fingerprint density at radius 2 is 2.07 bits per heavy atom. The summed E-state index contributed by atoms with van der Waals surface area (Å²) >= 11 is 0. The zero-order chi connectivity index (χ0) is 11.5. The topological polar surface area (TPSA) is 49.6 Å². The number of rotatable bonds is 5. The van der Waals surface area contributed by atoms with Gasteiger partial charge in [-0.15, -0.1) is 0 Å². The highest BCUT2D eigenvalue weighted by atomic mass is 16.2. The minimum Gasteiger partial charge on any atom is -0.325 e. The van der Waals surface area contributed by atoms with Gasteiger partial charge >= 0.3 is 0 Å². The molecule has 15 heavy (non-hydrogen) atoms. The van der Waals surface area contributed by atoms with E-state index < -0.39 is 0 Å². The molecular weight excluding hydrogens is 190 g/mol. The predicted molar refractivity (Wildman–Crippen MR) is 61.1 cm³/mol. The summed E-state index contributed by atoms with van der Waals surface area (Å²) in [5.41, 5.74) is 5.73.